The highest BCUT2D eigenvalue weighted by atomic mass is 79.9. The van der Waals surface area contributed by atoms with Crippen molar-refractivity contribution in [3.8, 4) is 5.75 Å². The second-order valence-electron chi connectivity index (χ2n) is 5.17. The quantitative estimate of drug-likeness (QED) is 0.810. The number of rotatable bonds is 2. The summed E-state index contributed by atoms with van der Waals surface area (Å²) >= 11 is 3.44. The van der Waals surface area contributed by atoms with Gasteiger partial charge >= 0.3 is 0 Å². The van der Waals surface area contributed by atoms with Gasteiger partial charge in [0.2, 0.25) is 0 Å². The first-order valence-corrected chi connectivity index (χ1v) is 7.71. The zero-order chi connectivity index (χ0) is 15.0. The van der Waals surface area contributed by atoms with E-state index >= 15 is 0 Å². The standard InChI is InChI=1S/C17H16BrNO2/c1-11(13-6-4-3-5-7-13)19-15-9-8-14(18)10-16(15)21-12(2)17(19)20/h3-12H,1-2H3/t11-,12-/m1/s1. The molecule has 0 aliphatic carbocycles. The van der Waals surface area contributed by atoms with Crippen LogP contribution in [0.3, 0.4) is 0 Å². The molecule has 0 saturated heterocycles. The van der Waals surface area contributed by atoms with Crippen LogP contribution in [0.4, 0.5) is 5.69 Å². The third-order valence-corrected chi connectivity index (χ3v) is 4.23. The number of benzene rings is 2. The topological polar surface area (TPSA) is 29.5 Å². The third-order valence-electron chi connectivity index (χ3n) is 3.74. The molecule has 108 valence electrons. The number of nitrogens with zero attached hydrogens (tertiary/aromatic N) is 1. The molecule has 1 aliphatic heterocycles. The van der Waals surface area contributed by atoms with Crippen molar-refractivity contribution in [3.05, 3.63) is 58.6 Å². The van der Waals surface area contributed by atoms with E-state index in [2.05, 4.69) is 15.9 Å². The minimum Gasteiger partial charge on any atom is -0.479 e. The Labute approximate surface area is 132 Å². The van der Waals surface area contributed by atoms with Crippen LogP contribution in [0.2, 0.25) is 0 Å². The van der Waals surface area contributed by atoms with Crippen LogP contribution < -0.4 is 9.64 Å². The van der Waals surface area contributed by atoms with Crippen molar-refractivity contribution in [1.29, 1.82) is 0 Å². The van der Waals surface area contributed by atoms with Crippen molar-refractivity contribution in [1.82, 2.24) is 0 Å². The van der Waals surface area contributed by atoms with Crippen LogP contribution in [0.15, 0.2) is 53.0 Å². The average Bonchev–Trinajstić information content (AvgIpc) is 2.49. The Kier molecular flexibility index (Phi) is 3.72. The molecule has 0 fully saturated rings. The summed E-state index contributed by atoms with van der Waals surface area (Å²) in [5.74, 6) is 0.723. The van der Waals surface area contributed by atoms with Gasteiger partial charge in [0.05, 0.1) is 11.7 Å². The number of anilines is 1. The van der Waals surface area contributed by atoms with Crippen LogP contribution in [-0.2, 0) is 4.79 Å². The predicted octanol–water partition coefficient (Wildman–Crippen LogP) is 4.32. The van der Waals surface area contributed by atoms with Gasteiger partial charge in [0.25, 0.3) is 5.91 Å². The lowest BCUT2D eigenvalue weighted by molar-refractivity contribution is -0.126. The van der Waals surface area contributed by atoms with Crippen LogP contribution in [0.25, 0.3) is 0 Å². The number of amides is 1. The lowest BCUT2D eigenvalue weighted by Crippen LogP contribution is -2.45. The van der Waals surface area contributed by atoms with E-state index in [0.29, 0.717) is 0 Å². The summed E-state index contributed by atoms with van der Waals surface area (Å²) in [7, 11) is 0. The van der Waals surface area contributed by atoms with Gasteiger partial charge in [0, 0.05) is 4.47 Å². The highest BCUT2D eigenvalue weighted by Gasteiger charge is 2.34. The van der Waals surface area contributed by atoms with Crippen LogP contribution in [0.1, 0.15) is 25.5 Å². The molecule has 1 amide bonds. The molecule has 0 spiro atoms. The molecule has 2 aromatic rings. The first kappa shape index (κ1) is 14.1. The first-order valence-electron chi connectivity index (χ1n) is 6.92. The SMILES string of the molecule is C[C@H](c1ccccc1)N1C(=O)[C@@H](C)Oc2cc(Br)ccc21. The fourth-order valence-corrected chi connectivity index (χ4v) is 2.96. The van der Waals surface area contributed by atoms with E-state index < -0.39 is 6.10 Å². The highest BCUT2D eigenvalue weighted by Crippen LogP contribution is 2.40. The third kappa shape index (κ3) is 2.56. The van der Waals surface area contributed by atoms with Crippen molar-refractivity contribution in [3.63, 3.8) is 0 Å². The molecule has 1 heterocycles. The van der Waals surface area contributed by atoms with Gasteiger partial charge in [-0.25, -0.2) is 0 Å². The second kappa shape index (κ2) is 5.53. The van der Waals surface area contributed by atoms with Crippen molar-refractivity contribution < 1.29 is 9.53 Å². The fourth-order valence-electron chi connectivity index (χ4n) is 2.62. The van der Waals surface area contributed by atoms with Crippen molar-refractivity contribution in [2.45, 2.75) is 26.0 Å². The van der Waals surface area contributed by atoms with Crippen molar-refractivity contribution >= 4 is 27.5 Å². The molecule has 0 unspecified atom stereocenters. The summed E-state index contributed by atoms with van der Waals surface area (Å²) in [6, 6.07) is 15.7. The maximum atomic E-state index is 12.6. The van der Waals surface area contributed by atoms with Crippen molar-refractivity contribution in [2.24, 2.45) is 0 Å². The molecule has 4 heteroatoms. The molecule has 2 atom stereocenters. The fraction of sp³-hybridized carbons (Fsp3) is 0.235. The lowest BCUT2D eigenvalue weighted by Gasteiger charge is -2.37. The number of halogens is 1. The van der Waals surface area contributed by atoms with E-state index in [4.69, 9.17) is 4.74 Å². The van der Waals surface area contributed by atoms with Gasteiger partial charge < -0.3 is 4.74 Å². The molecule has 3 rings (SSSR count). The van der Waals surface area contributed by atoms with Crippen LogP contribution >= 0.6 is 15.9 Å². The summed E-state index contributed by atoms with van der Waals surface area (Å²) in [6.07, 6.45) is -0.474. The molecule has 0 N–H and O–H groups in total. The van der Waals surface area contributed by atoms with Crippen LogP contribution in [0, 0.1) is 0 Å². The average molecular weight is 346 g/mol. The minimum absolute atomic E-state index is 0.0128. The minimum atomic E-state index is -0.474. The zero-order valence-electron chi connectivity index (χ0n) is 11.9. The largest absolute Gasteiger partial charge is 0.479 e. The number of hydrogen-bond acceptors (Lipinski definition) is 2. The molecule has 0 radical (unpaired) electrons. The Morgan fingerprint density at radius 3 is 2.62 bits per heavy atom. The maximum absolute atomic E-state index is 12.6. The molecule has 0 saturated carbocycles. The van der Waals surface area contributed by atoms with Crippen LogP contribution in [0.5, 0.6) is 5.75 Å². The van der Waals surface area contributed by atoms with E-state index in [0.717, 1.165) is 21.5 Å². The van der Waals surface area contributed by atoms with Crippen LogP contribution in [-0.4, -0.2) is 12.0 Å². The molecular formula is C17H16BrNO2. The van der Waals surface area contributed by atoms with Crippen molar-refractivity contribution in [2.75, 3.05) is 4.90 Å². The summed E-state index contributed by atoms with van der Waals surface area (Å²) in [5.41, 5.74) is 1.92. The zero-order valence-corrected chi connectivity index (χ0v) is 13.5. The second-order valence-corrected chi connectivity index (χ2v) is 6.08. The molecule has 0 aromatic heterocycles. The first-order chi connectivity index (χ1) is 10.1. The summed E-state index contributed by atoms with van der Waals surface area (Å²) in [4.78, 5) is 14.4. The van der Waals surface area contributed by atoms with Gasteiger partial charge in [-0.05, 0) is 37.6 Å². The number of carbonyl (C=O) groups excluding carboxylic acids is 1. The molecule has 2 aromatic carbocycles. The summed E-state index contributed by atoms with van der Waals surface area (Å²) < 4.78 is 6.66. The molecule has 0 bridgehead atoms. The van der Waals surface area contributed by atoms with Gasteiger partial charge in [-0.3, -0.25) is 9.69 Å². The Morgan fingerprint density at radius 1 is 1.19 bits per heavy atom. The van der Waals surface area contributed by atoms with E-state index in [1.54, 1.807) is 6.92 Å². The molecular weight excluding hydrogens is 330 g/mol. The Hall–Kier alpha value is -1.81. The predicted molar refractivity (Wildman–Crippen MR) is 86.6 cm³/mol. The molecule has 21 heavy (non-hydrogen) atoms. The normalized spacial score (nSPS) is 18.9. The smallest absolute Gasteiger partial charge is 0.268 e. The lowest BCUT2D eigenvalue weighted by atomic mass is 10.0. The van der Waals surface area contributed by atoms with E-state index in [1.165, 1.54) is 0 Å². The van der Waals surface area contributed by atoms with E-state index in [9.17, 15) is 4.79 Å². The van der Waals surface area contributed by atoms with Gasteiger partial charge in [-0.2, -0.15) is 0 Å². The van der Waals surface area contributed by atoms with E-state index in [1.807, 2.05) is 60.4 Å². The Morgan fingerprint density at radius 2 is 1.90 bits per heavy atom. The van der Waals surface area contributed by atoms with E-state index in [-0.39, 0.29) is 11.9 Å². The van der Waals surface area contributed by atoms with Gasteiger partial charge in [-0.15, -0.1) is 0 Å². The summed E-state index contributed by atoms with van der Waals surface area (Å²) in [6.45, 7) is 3.83. The number of hydrogen-bond donors (Lipinski definition) is 0. The molecule has 3 nitrogen and oxygen atoms in total. The highest BCUT2D eigenvalue weighted by molar-refractivity contribution is 9.10. The summed E-state index contributed by atoms with van der Waals surface area (Å²) in [5, 5.41) is 0. The maximum Gasteiger partial charge on any atom is 0.268 e. The van der Waals surface area contributed by atoms with Gasteiger partial charge in [0.1, 0.15) is 5.75 Å². The van der Waals surface area contributed by atoms with Gasteiger partial charge in [0.15, 0.2) is 6.10 Å². The number of ether oxygens (including phenoxy) is 1. The van der Waals surface area contributed by atoms with Gasteiger partial charge in [-0.1, -0.05) is 46.3 Å². The Balaban J connectivity index is 2.07. The monoisotopic (exact) mass is 345 g/mol. The Bertz CT molecular complexity index is 672. The number of carbonyl (C=O) groups is 1. The molecule has 1 aliphatic rings. The number of fused-ring (bicyclic) bond motifs is 1.